The van der Waals surface area contributed by atoms with E-state index in [1.54, 1.807) is 0 Å². The van der Waals surface area contributed by atoms with Crippen molar-refractivity contribution in [3.8, 4) is 0 Å². The van der Waals surface area contributed by atoms with Crippen LogP contribution in [0.3, 0.4) is 0 Å². The topological polar surface area (TPSA) is 24.7 Å². The van der Waals surface area contributed by atoms with Crippen LogP contribution in [-0.4, -0.2) is 6.04 Å². The normalized spacial score (nSPS) is 20.4. The zero-order chi connectivity index (χ0) is 9.64. The molecule has 0 aromatic heterocycles. The standard InChI is InChI=1S/C12H12N2/c1-3-7-11(8-4-1)13-14-12-9-5-2-6-10-12/h1-9,12H,10H2. The van der Waals surface area contributed by atoms with Gasteiger partial charge in [-0.3, -0.25) is 0 Å². The van der Waals surface area contributed by atoms with Crippen LogP contribution in [0.4, 0.5) is 5.69 Å². The Balaban J connectivity index is 2.01. The molecule has 0 aliphatic heterocycles. The highest BCUT2D eigenvalue weighted by atomic mass is 15.1. The summed E-state index contributed by atoms with van der Waals surface area (Å²) < 4.78 is 0. The average Bonchev–Trinajstić information content (AvgIpc) is 2.29. The Kier molecular flexibility index (Phi) is 2.86. The molecule has 0 fully saturated rings. The lowest BCUT2D eigenvalue weighted by Crippen LogP contribution is -1.98. The second-order valence-corrected chi connectivity index (χ2v) is 3.17. The zero-order valence-corrected chi connectivity index (χ0v) is 7.88. The SMILES string of the molecule is C1=CCC(N=Nc2ccccc2)C=C1. The van der Waals surface area contributed by atoms with Crippen molar-refractivity contribution in [2.75, 3.05) is 0 Å². The largest absolute Gasteiger partial charge is 0.181 e. The number of allylic oxidation sites excluding steroid dienone is 2. The summed E-state index contributed by atoms with van der Waals surface area (Å²) in [5.41, 5.74) is 0.912. The summed E-state index contributed by atoms with van der Waals surface area (Å²) in [7, 11) is 0. The molecule has 0 amide bonds. The Morgan fingerprint density at radius 1 is 1.07 bits per heavy atom. The summed E-state index contributed by atoms with van der Waals surface area (Å²) in [6.45, 7) is 0. The van der Waals surface area contributed by atoms with Crippen molar-refractivity contribution in [1.29, 1.82) is 0 Å². The van der Waals surface area contributed by atoms with Gasteiger partial charge in [0.05, 0.1) is 11.7 Å². The number of azo groups is 1. The predicted molar refractivity (Wildman–Crippen MR) is 57.6 cm³/mol. The van der Waals surface area contributed by atoms with Crippen molar-refractivity contribution in [2.45, 2.75) is 12.5 Å². The molecule has 0 spiro atoms. The summed E-state index contributed by atoms with van der Waals surface area (Å²) >= 11 is 0. The number of hydrogen-bond acceptors (Lipinski definition) is 2. The van der Waals surface area contributed by atoms with Crippen LogP contribution in [0.2, 0.25) is 0 Å². The smallest absolute Gasteiger partial charge is 0.0930 e. The molecule has 2 nitrogen and oxygen atoms in total. The highest BCUT2D eigenvalue weighted by molar-refractivity contribution is 5.34. The van der Waals surface area contributed by atoms with Gasteiger partial charge in [0.2, 0.25) is 0 Å². The highest BCUT2D eigenvalue weighted by Gasteiger charge is 2.01. The van der Waals surface area contributed by atoms with Gasteiger partial charge in [0.1, 0.15) is 0 Å². The van der Waals surface area contributed by atoms with Crippen molar-refractivity contribution >= 4 is 5.69 Å². The monoisotopic (exact) mass is 184 g/mol. The third kappa shape index (κ3) is 2.39. The van der Waals surface area contributed by atoms with E-state index in [1.807, 2.05) is 42.5 Å². The van der Waals surface area contributed by atoms with Crippen LogP contribution in [0, 0.1) is 0 Å². The summed E-state index contributed by atoms with van der Waals surface area (Å²) in [6.07, 6.45) is 9.17. The van der Waals surface area contributed by atoms with Crippen molar-refractivity contribution in [2.24, 2.45) is 10.2 Å². The minimum absolute atomic E-state index is 0.209. The van der Waals surface area contributed by atoms with Gasteiger partial charge >= 0.3 is 0 Å². The number of rotatable bonds is 2. The third-order valence-corrected chi connectivity index (χ3v) is 2.04. The van der Waals surface area contributed by atoms with E-state index in [2.05, 4.69) is 22.4 Å². The van der Waals surface area contributed by atoms with Crippen molar-refractivity contribution in [3.05, 3.63) is 54.6 Å². The fraction of sp³-hybridized carbons (Fsp3) is 0.167. The van der Waals surface area contributed by atoms with Gasteiger partial charge in [-0.05, 0) is 18.6 Å². The maximum Gasteiger partial charge on any atom is 0.0930 e. The number of benzene rings is 1. The van der Waals surface area contributed by atoms with Crippen molar-refractivity contribution in [3.63, 3.8) is 0 Å². The lowest BCUT2D eigenvalue weighted by molar-refractivity contribution is 0.776. The van der Waals surface area contributed by atoms with Crippen molar-refractivity contribution < 1.29 is 0 Å². The molecular weight excluding hydrogens is 172 g/mol. The number of hydrogen-bond donors (Lipinski definition) is 0. The van der Waals surface area contributed by atoms with E-state index in [9.17, 15) is 0 Å². The first-order chi connectivity index (χ1) is 6.95. The van der Waals surface area contributed by atoms with E-state index in [4.69, 9.17) is 0 Å². The summed E-state index contributed by atoms with van der Waals surface area (Å²) in [5, 5.41) is 8.41. The first kappa shape index (κ1) is 8.88. The highest BCUT2D eigenvalue weighted by Crippen LogP contribution is 2.14. The van der Waals surface area contributed by atoms with Gasteiger partial charge in [-0.25, -0.2) is 0 Å². The first-order valence-electron chi connectivity index (χ1n) is 4.74. The molecule has 1 atom stereocenters. The summed E-state index contributed by atoms with van der Waals surface area (Å²) in [4.78, 5) is 0. The van der Waals surface area contributed by atoms with Crippen LogP contribution in [0.1, 0.15) is 6.42 Å². The fourth-order valence-electron chi connectivity index (χ4n) is 1.29. The Bertz CT molecular complexity index is 363. The van der Waals surface area contributed by atoms with Crippen LogP contribution < -0.4 is 0 Å². The molecule has 0 heterocycles. The zero-order valence-electron chi connectivity index (χ0n) is 7.88. The summed E-state index contributed by atoms with van der Waals surface area (Å²) in [6, 6.07) is 10.0. The van der Waals surface area contributed by atoms with E-state index in [0.717, 1.165) is 12.1 Å². The maximum absolute atomic E-state index is 4.24. The van der Waals surface area contributed by atoms with E-state index in [-0.39, 0.29) is 6.04 Å². The Morgan fingerprint density at radius 2 is 1.93 bits per heavy atom. The van der Waals surface area contributed by atoms with Crippen LogP contribution in [0.25, 0.3) is 0 Å². The van der Waals surface area contributed by atoms with Gasteiger partial charge < -0.3 is 0 Å². The van der Waals surface area contributed by atoms with Crippen LogP contribution in [0.15, 0.2) is 64.9 Å². The average molecular weight is 184 g/mol. The van der Waals surface area contributed by atoms with Gasteiger partial charge in [-0.2, -0.15) is 10.2 Å². The molecule has 1 aliphatic rings. The molecule has 0 saturated carbocycles. The molecule has 1 unspecified atom stereocenters. The molecule has 2 rings (SSSR count). The van der Waals surface area contributed by atoms with Gasteiger partial charge in [0, 0.05) is 0 Å². The van der Waals surface area contributed by atoms with E-state index in [0.29, 0.717) is 0 Å². The van der Waals surface area contributed by atoms with Gasteiger partial charge in [-0.1, -0.05) is 42.5 Å². The van der Waals surface area contributed by atoms with Crippen LogP contribution in [0.5, 0.6) is 0 Å². The lowest BCUT2D eigenvalue weighted by atomic mass is 10.1. The molecular formula is C12H12N2. The molecule has 1 aromatic carbocycles. The minimum atomic E-state index is 0.209. The van der Waals surface area contributed by atoms with E-state index in [1.165, 1.54) is 0 Å². The quantitative estimate of drug-likeness (QED) is 0.627. The minimum Gasteiger partial charge on any atom is -0.181 e. The molecule has 0 saturated heterocycles. The van der Waals surface area contributed by atoms with Gasteiger partial charge in [-0.15, -0.1) is 0 Å². The summed E-state index contributed by atoms with van der Waals surface area (Å²) in [5.74, 6) is 0. The maximum atomic E-state index is 4.24. The molecule has 1 aliphatic carbocycles. The molecule has 14 heavy (non-hydrogen) atoms. The molecule has 0 radical (unpaired) electrons. The van der Waals surface area contributed by atoms with E-state index < -0.39 is 0 Å². The van der Waals surface area contributed by atoms with Crippen molar-refractivity contribution in [1.82, 2.24) is 0 Å². The van der Waals surface area contributed by atoms with Crippen LogP contribution in [-0.2, 0) is 0 Å². The molecule has 70 valence electrons. The first-order valence-corrected chi connectivity index (χ1v) is 4.74. The Labute approximate surface area is 83.7 Å². The molecule has 1 aromatic rings. The number of nitrogens with zero attached hydrogens (tertiary/aromatic N) is 2. The lowest BCUT2D eigenvalue weighted by Gasteiger charge is -2.04. The Hall–Kier alpha value is -1.70. The van der Waals surface area contributed by atoms with Crippen LogP contribution >= 0.6 is 0 Å². The molecule has 0 bridgehead atoms. The van der Waals surface area contributed by atoms with Gasteiger partial charge in [0.15, 0.2) is 0 Å². The third-order valence-electron chi connectivity index (χ3n) is 2.04. The predicted octanol–water partition coefficient (Wildman–Crippen LogP) is 3.66. The van der Waals surface area contributed by atoms with E-state index >= 15 is 0 Å². The second kappa shape index (κ2) is 4.51. The second-order valence-electron chi connectivity index (χ2n) is 3.17. The Morgan fingerprint density at radius 3 is 2.64 bits per heavy atom. The molecule has 2 heteroatoms. The van der Waals surface area contributed by atoms with Gasteiger partial charge in [0.25, 0.3) is 0 Å². The molecule has 0 N–H and O–H groups in total. The fourth-order valence-corrected chi connectivity index (χ4v) is 1.29.